The zero-order valence-electron chi connectivity index (χ0n) is 5.92. The highest BCUT2D eigenvalue weighted by molar-refractivity contribution is 5.92. The number of aryl methyl sites for hydroxylation is 1. The lowest BCUT2D eigenvalue weighted by molar-refractivity contribution is 0.0998. The highest BCUT2D eigenvalue weighted by Crippen LogP contribution is 1.90. The predicted octanol–water partition coefficient (Wildman–Crippen LogP) is -0.823. The van der Waals surface area contributed by atoms with Gasteiger partial charge in [-0.1, -0.05) is 0 Å². The second kappa shape index (κ2) is 2.53. The summed E-state index contributed by atoms with van der Waals surface area (Å²) in [6.45, 7) is 1.66. The molecular weight excluding hydrogens is 146 g/mol. The number of carbonyl (C=O) groups excluding carboxylic acids is 1. The summed E-state index contributed by atoms with van der Waals surface area (Å²) in [5.74, 6) is -0.739. The number of aromatic amines is 1. The van der Waals surface area contributed by atoms with Crippen LogP contribution in [0, 0.1) is 6.92 Å². The van der Waals surface area contributed by atoms with Gasteiger partial charge in [0.25, 0.3) is 11.5 Å². The molecule has 5 heteroatoms. The molecule has 1 rings (SSSR count). The zero-order valence-corrected chi connectivity index (χ0v) is 5.92. The fraction of sp³-hybridized carbons (Fsp3) is 0.167. The average Bonchev–Trinajstić information content (AvgIpc) is 1.94. The molecule has 3 N–H and O–H groups in total. The van der Waals surface area contributed by atoms with Crippen molar-refractivity contribution in [2.24, 2.45) is 5.73 Å². The van der Waals surface area contributed by atoms with Crippen LogP contribution in [-0.2, 0) is 0 Å². The van der Waals surface area contributed by atoms with E-state index in [-0.39, 0.29) is 5.56 Å². The molecule has 1 aromatic rings. The van der Waals surface area contributed by atoms with Crippen LogP contribution in [0.3, 0.4) is 0 Å². The lowest BCUT2D eigenvalue weighted by Gasteiger charge is -1.93. The summed E-state index contributed by atoms with van der Waals surface area (Å²) in [4.78, 5) is 21.3. The van der Waals surface area contributed by atoms with Gasteiger partial charge in [0.15, 0.2) is 0 Å². The van der Waals surface area contributed by atoms with Gasteiger partial charge < -0.3 is 5.73 Å². The third-order valence-electron chi connectivity index (χ3n) is 1.20. The highest BCUT2D eigenvalue weighted by Gasteiger charge is 2.05. The van der Waals surface area contributed by atoms with Crippen LogP contribution in [0.1, 0.15) is 16.1 Å². The molecule has 58 valence electrons. The Kier molecular flexibility index (Phi) is 1.72. The molecule has 0 aliphatic rings. The van der Waals surface area contributed by atoms with Crippen molar-refractivity contribution in [3.05, 3.63) is 27.7 Å². The van der Waals surface area contributed by atoms with E-state index in [1.807, 2.05) is 0 Å². The summed E-state index contributed by atoms with van der Waals surface area (Å²) in [5.41, 5.74) is 4.84. The van der Waals surface area contributed by atoms with Gasteiger partial charge in [0.1, 0.15) is 5.56 Å². The second-order valence-electron chi connectivity index (χ2n) is 2.12. The standard InChI is InChI=1S/C6H7N3O2/c1-3-2-4(5(7)10)6(11)9-8-3/h2H,1H3,(H2,7,10)(H,9,11). The average molecular weight is 153 g/mol. The van der Waals surface area contributed by atoms with Crippen LogP contribution in [0.25, 0.3) is 0 Å². The molecule has 0 atom stereocenters. The largest absolute Gasteiger partial charge is 0.365 e. The molecule has 0 radical (unpaired) electrons. The van der Waals surface area contributed by atoms with Crippen LogP contribution in [0.5, 0.6) is 0 Å². The monoisotopic (exact) mass is 153 g/mol. The van der Waals surface area contributed by atoms with Crippen molar-refractivity contribution >= 4 is 5.91 Å². The Hall–Kier alpha value is -1.65. The van der Waals surface area contributed by atoms with Crippen molar-refractivity contribution in [1.82, 2.24) is 10.2 Å². The summed E-state index contributed by atoms with van der Waals surface area (Å²) < 4.78 is 0. The molecule has 5 nitrogen and oxygen atoms in total. The van der Waals surface area contributed by atoms with E-state index in [2.05, 4.69) is 10.2 Å². The van der Waals surface area contributed by atoms with Crippen LogP contribution in [0.2, 0.25) is 0 Å². The number of H-pyrrole nitrogens is 1. The van der Waals surface area contributed by atoms with Crippen molar-refractivity contribution in [2.45, 2.75) is 6.92 Å². The van der Waals surface area contributed by atoms with Gasteiger partial charge in [-0.25, -0.2) is 5.10 Å². The number of hydrogen-bond donors (Lipinski definition) is 2. The summed E-state index contributed by atoms with van der Waals surface area (Å²) >= 11 is 0. The van der Waals surface area contributed by atoms with E-state index in [0.717, 1.165) is 0 Å². The Balaban J connectivity index is 3.35. The van der Waals surface area contributed by atoms with Crippen molar-refractivity contribution in [1.29, 1.82) is 0 Å². The predicted molar refractivity (Wildman–Crippen MR) is 38.1 cm³/mol. The molecule has 0 unspecified atom stereocenters. The molecule has 0 saturated heterocycles. The summed E-state index contributed by atoms with van der Waals surface area (Å²) in [6, 6.07) is 1.35. The Bertz CT molecular complexity index is 342. The van der Waals surface area contributed by atoms with E-state index in [1.54, 1.807) is 6.92 Å². The van der Waals surface area contributed by atoms with Gasteiger partial charge in [-0.2, -0.15) is 5.10 Å². The third kappa shape index (κ3) is 1.43. The molecule has 0 aliphatic carbocycles. The van der Waals surface area contributed by atoms with Gasteiger partial charge in [-0.05, 0) is 13.0 Å². The fourth-order valence-electron chi connectivity index (χ4n) is 0.689. The van der Waals surface area contributed by atoms with Crippen LogP contribution >= 0.6 is 0 Å². The molecule has 0 bridgehead atoms. The first kappa shape index (κ1) is 7.46. The van der Waals surface area contributed by atoms with Gasteiger partial charge in [-0.15, -0.1) is 0 Å². The van der Waals surface area contributed by atoms with Gasteiger partial charge in [0.2, 0.25) is 0 Å². The molecule has 1 aromatic heterocycles. The van der Waals surface area contributed by atoms with E-state index < -0.39 is 11.5 Å². The van der Waals surface area contributed by atoms with Crippen molar-refractivity contribution in [2.75, 3.05) is 0 Å². The van der Waals surface area contributed by atoms with Crippen LogP contribution < -0.4 is 11.3 Å². The minimum atomic E-state index is -0.739. The SMILES string of the molecule is Cc1cc(C(N)=O)c(=O)[nH]n1. The minimum Gasteiger partial charge on any atom is -0.365 e. The lowest BCUT2D eigenvalue weighted by Crippen LogP contribution is -2.24. The summed E-state index contributed by atoms with van der Waals surface area (Å²) in [6.07, 6.45) is 0. The van der Waals surface area contributed by atoms with Crippen LogP contribution in [0.4, 0.5) is 0 Å². The number of nitrogens with zero attached hydrogens (tertiary/aromatic N) is 1. The van der Waals surface area contributed by atoms with Crippen LogP contribution in [0.15, 0.2) is 10.9 Å². The number of carbonyl (C=O) groups is 1. The molecule has 0 saturated carbocycles. The summed E-state index contributed by atoms with van der Waals surface area (Å²) in [5, 5.41) is 5.72. The quantitative estimate of drug-likeness (QED) is 0.552. The number of aromatic nitrogens is 2. The normalized spacial score (nSPS) is 9.55. The van der Waals surface area contributed by atoms with Gasteiger partial charge in [0, 0.05) is 0 Å². The third-order valence-corrected chi connectivity index (χ3v) is 1.20. The smallest absolute Gasteiger partial charge is 0.277 e. The second-order valence-corrected chi connectivity index (χ2v) is 2.12. The fourth-order valence-corrected chi connectivity index (χ4v) is 0.689. The van der Waals surface area contributed by atoms with Crippen molar-refractivity contribution in [3.8, 4) is 0 Å². The zero-order chi connectivity index (χ0) is 8.43. The number of hydrogen-bond acceptors (Lipinski definition) is 3. The molecule has 0 spiro atoms. The maximum Gasteiger partial charge on any atom is 0.277 e. The van der Waals surface area contributed by atoms with Crippen LogP contribution in [-0.4, -0.2) is 16.1 Å². The number of rotatable bonds is 1. The van der Waals surface area contributed by atoms with Gasteiger partial charge >= 0.3 is 0 Å². The summed E-state index contributed by atoms with van der Waals surface area (Å²) in [7, 11) is 0. The molecule has 1 heterocycles. The molecule has 0 aliphatic heterocycles. The number of nitrogens with two attached hydrogens (primary N) is 1. The Morgan fingerprint density at radius 2 is 2.36 bits per heavy atom. The molecule has 11 heavy (non-hydrogen) atoms. The molecule has 0 aromatic carbocycles. The van der Waals surface area contributed by atoms with E-state index in [1.165, 1.54) is 6.07 Å². The van der Waals surface area contributed by atoms with Crippen molar-refractivity contribution in [3.63, 3.8) is 0 Å². The molecule has 0 fully saturated rings. The van der Waals surface area contributed by atoms with Crippen molar-refractivity contribution < 1.29 is 4.79 Å². The first-order chi connectivity index (χ1) is 5.11. The first-order valence-corrected chi connectivity index (χ1v) is 2.97. The number of amides is 1. The van der Waals surface area contributed by atoms with E-state index in [9.17, 15) is 9.59 Å². The molecular formula is C6H7N3O2. The van der Waals surface area contributed by atoms with E-state index in [4.69, 9.17) is 5.73 Å². The molecule has 1 amide bonds. The van der Waals surface area contributed by atoms with E-state index in [0.29, 0.717) is 5.69 Å². The highest BCUT2D eigenvalue weighted by atomic mass is 16.2. The maximum absolute atomic E-state index is 10.8. The minimum absolute atomic E-state index is 0.0579. The van der Waals surface area contributed by atoms with Gasteiger partial charge in [-0.3, -0.25) is 9.59 Å². The Morgan fingerprint density at radius 3 is 2.82 bits per heavy atom. The maximum atomic E-state index is 10.8. The number of nitrogens with one attached hydrogen (secondary N) is 1. The first-order valence-electron chi connectivity index (χ1n) is 2.97. The Morgan fingerprint density at radius 1 is 1.73 bits per heavy atom. The van der Waals surface area contributed by atoms with Gasteiger partial charge in [0.05, 0.1) is 5.69 Å². The topological polar surface area (TPSA) is 88.8 Å². The Labute approximate surface area is 62.2 Å². The van der Waals surface area contributed by atoms with E-state index >= 15 is 0 Å². The number of primary amides is 1. The lowest BCUT2D eigenvalue weighted by atomic mass is 10.2.